The molecule has 2 heterocycles. The molecule has 1 atom stereocenters. The van der Waals surface area contributed by atoms with Gasteiger partial charge in [-0.25, -0.2) is 9.97 Å². The van der Waals surface area contributed by atoms with Crippen LogP contribution in [0.4, 0.5) is 13.2 Å². The first-order chi connectivity index (χ1) is 11.4. The highest BCUT2D eigenvalue weighted by Crippen LogP contribution is 2.26. The molecule has 0 saturated carbocycles. The average Bonchev–Trinajstić information content (AvgIpc) is 2.57. The van der Waals surface area contributed by atoms with Crippen molar-refractivity contribution in [3.63, 3.8) is 0 Å². The van der Waals surface area contributed by atoms with Crippen LogP contribution >= 0.6 is 0 Å². The number of ether oxygens (including phenoxy) is 1. The van der Waals surface area contributed by atoms with Gasteiger partial charge in [0.15, 0.2) is 5.78 Å². The van der Waals surface area contributed by atoms with E-state index in [1.807, 2.05) is 0 Å². The Morgan fingerprint density at radius 1 is 1.21 bits per heavy atom. The van der Waals surface area contributed by atoms with Crippen molar-refractivity contribution in [3.8, 4) is 5.75 Å². The van der Waals surface area contributed by atoms with Crippen molar-refractivity contribution in [2.24, 2.45) is 0 Å². The molecule has 0 aliphatic carbocycles. The van der Waals surface area contributed by atoms with Crippen LogP contribution in [0, 0.1) is 0 Å². The zero-order chi connectivity index (χ0) is 17.3. The highest BCUT2D eigenvalue weighted by atomic mass is 19.4. The Morgan fingerprint density at radius 2 is 1.88 bits per heavy atom. The lowest BCUT2D eigenvalue weighted by Gasteiger charge is -2.24. The third-order valence-corrected chi connectivity index (χ3v) is 3.35. The van der Waals surface area contributed by atoms with Crippen LogP contribution in [0.3, 0.4) is 0 Å². The summed E-state index contributed by atoms with van der Waals surface area (Å²) in [5.74, 6) is -2.01. The van der Waals surface area contributed by atoms with E-state index >= 15 is 0 Å². The maximum absolute atomic E-state index is 12.4. The number of halogens is 3. The number of hydrogen-bond acceptors (Lipinski definition) is 5. The number of nitrogens with one attached hydrogen (secondary N) is 1. The topological polar surface area (TPSA) is 81.2 Å². The van der Waals surface area contributed by atoms with Gasteiger partial charge in [0.2, 0.25) is 5.82 Å². The first-order valence-electron chi connectivity index (χ1n) is 6.82. The lowest BCUT2D eigenvalue weighted by atomic mass is 10.0. The predicted octanol–water partition coefficient (Wildman–Crippen LogP) is 1.87. The van der Waals surface area contributed by atoms with E-state index in [9.17, 15) is 22.8 Å². The average molecular weight is 337 g/mol. The number of carbonyl (C=O) groups excluding carboxylic acids is 2. The van der Waals surface area contributed by atoms with E-state index in [1.54, 1.807) is 24.3 Å². The number of alkyl halides is 3. The summed E-state index contributed by atoms with van der Waals surface area (Å²) in [4.78, 5) is 30.6. The molecule has 1 N–H and O–H groups in total. The summed E-state index contributed by atoms with van der Waals surface area (Å²) in [5.41, 5.74) is 0.146. The fraction of sp³-hybridized carbons (Fsp3) is 0.200. The van der Waals surface area contributed by atoms with Gasteiger partial charge >= 0.3 is 6.18 Å². The first-order valence-corrected chi connectivity index (χ1v) is 6.82. The molecule has 9 heteroatoms. The predicted molar refractivity (Wildman–Crippen MR) is 74.6 cm³/mol. The van der Waals surface area contributed by atoms with Gasteiger partial charge in [-0.15, -0.1) is 0 Å². The van der Waals surface area contributed by atoms with Crippen molar-refractivity contribution >= 4 is 11.7 Å². The van der Waals surface area contributed by atoms with Gasteiger partial charge in [0.25, 0.3) is 5.91 Å². The minimum absolute atomic E-state index is 0.0664. The number of para-hydroxylation sites is 1. The number of benzene rings is 1. The number of aromatic nitrogens is 2. The second kappa shape index (κ2) is 5.91. The van der Waals surface area contributed by atoms with E-state index in [2.05, 4.69) is 15.3 Å². The van der Waals surface area contributed by atoms with Gasteiger partial charge in [-0.05, 0) is 12.1 Å². The lowest BCUT2D eigenvalue weighted by molar-refractivity contribution is -0.145. The summed E-state index contributed by atoms with van der Waals surface area (Å²) >= 11 is 0. The highest BCUT2D eigenvalue weighted by molar-refractivity contribution is 6.06. The minimum atomic E-state index is -4.69. The van der Waals surface area contributed by atoms with Gasteiger partial charge in [0, 0.05) is 12.4 Å². The van der Waals surface area contributed by atoms with E-state index in [-0.39, 0.29) is 18.0 Å². The standard InChI is InChI=1S/C15H10F3N3O3/c16-15(17,18)14-19-5-8(6-20-14)13(23)21-10-7-24-11-4-2-1-3-9(11)12(10)22/h1-6,10H,7H2,(H,21,23)/t10-/m1/s1. The van der Waals surface area contributed by atoms with Crippen molar-refractivity contribution in [2.75, 3.05) is 6.61 Å². The quantitative estimate of drug-likeness (QED) is 0.905. The Hall–Kier alpha value is -2.97. The Balaban J connectivity index is 1.73. The summed E-state index contributed by atoms with van der Waals surface area (Å²) in [5, 5.41) is 2.41. The number of rotatable bonds is 2. The molecule has 1 aliphatic rings. The number of Topliss-reactive ketones (excluding diaryl/α,β-unsaturated/α-hetero) is 1. The monoisotopic (exact) mass is 337 g/mol. The van der Waals surface area contributed by atoms with E-state index < -0.39 is 23.9 Å². The Kier molecular flexibility index (Phi) is 3.92. The third-order valence-electron chi connectivity index (χ3n) is 3.35. The molecule has 1 amide bonds. The molecule has 1 aliphatic heterocycles. The van der Waals surface area contributed by atoms with Crippen LogP contribution in [0.1, 0.15) is 26.5 Å². The number of hydrogen-bond donors (Lipinski definition) is 1. The van der Waals surface area contributed by atoms with Crippen molar-refractivity contribution < 1.29 is 27.5 Å². The van der Waals surface area contributed by atoms with Crippen LogP contribution in [0.25, 0.3) is 0 Å². The molecule has 1 aromatic heterocycles. The number of ketones is 1. The molecule has 3 rings (SSSR count). The van der Waals surface area contributed by atoms with Gasteiger partial charge in [-0.1, -0.05) is 12.1 Å². The smallest absolute Gasteiger partial charge is 0.451 e. The van der Waals surface area contributed by atoms with Crippen LogP contribution in [0.5, 0.6) is 5.75 Å². The molecule has 6 nitrogen and oxygen atoms in total. The van der Waals surface area contributed by atoms with Gasteiger partial charge in [0.05, 0.1) is 11.1 Å². The molecule has 24 heavy (non-hydrogen) atoms. The van der Waals surface area contributed by atoms with Crippen LogP contribution in [-0.4, -0.2) is 34.3 Å². The van der Waals surface area contributed by atoms with Crippen molar-refractivity contribution in [3.05, 3.63) is 53.6 Å². The fourth-order valence-corrected chi connectivity index (χ4v) is 2.17. The van der Waals surface area contributed by atoms with Crippen molar-refractivity contribution in [1.29, 1.82) is 0 Å². The third kappa shape index (κ3) is 3.05. The molecule has 124 valence electrons. The molecule has 0 spiro atoms. The molecule has 2 aromatic rings. The summed E-state index contributed by atoms with van der Waals surface area (Å²) in [6.45, 7) is -0.0664. The maximum Gasteiger partial charge on any atom is 0.451 e. The maximum atomic E-state index is 12.4. The number of fused-ring (bicyclic) bond motifs is 1. The van der Waals surface area contributed by atoms with Crippen LogP contribution in [0.15, 0.2) is 36.7 Å². The summed E-state index contributed by atoms with van der Waals surface area (Å²) in [6.07, 6.45) is -3.17. The first kappa shape index (κ1) is 15.9. The zero-order valence-corrected chi connectivity index (χ0v) is 12.0. The Bertz CT molecular complexity index is 791. The number of amides is 1. The second-order valence-corrected chi connectivity index (χ2v) is 4.99. The summed E-state index contributed by atoms with van der Waals surface area (Å²) in [6, 6.07) is 5.64. The SMILES string of the molecule is O=C(N[C@@H]1COc2ccccc2C1=O)c1cnc(C(F)(F)F)nc1. The van der Waals surface area contributed by atoms with E-state index in [1.165, 1.54) is 0 Å². The van der Waals surface area contributed by atoms with Crippen molar-refractivity contribution in [2.45, 2.75) is 12.2 Å². The number of nitrogens with zero attached hydrogens (tertiary/aromatic N) is 2. The summed E-state index contributed by atoms with van der Waals surface area (Å²) < 4.78 is 42.6. The van der Waals surface area contributed by atoms with E-state index in [0.29, 0.717) is 11.3 Å². The zero-order valence-electron chi connectivity index (χ0n) is 12.0. The van der Waals surface area contributed by atoms with E-state index in [0.717, 1.165) is 12.4 Å². The normalized spacial score (nSPS) is 17.0. The van der Waals surface area contributed by atoms with Crippen molar-refractivity contribution in [1.82, 2.24) is 15.3 Å². The summed E-state index contributed by atoms with van der Waals surface area (Å²) in [7, 11) is 0. The van der Waals surface area contributed by atoms with Gasteiger partial charge in [-0.2, -0.15) is 13.2 Å². The minimum Gasteiger partial charge on any atom is -0.490 e. The Morgan fingerprint density at radius 3 is 2.54 bits per heavy atom. The van der Waals surface area contributed by atoms with Crippen LogP contribution < -0.4 is 10.1 Å². The fourth-order valence-electron chi connectivity index (χ4n) is 2.17. The molecule has 1 aromatic carbocycles. The lowest BCUT2D eigenvalue weighted by Crippen LogP contribution is -2.47. The highest BCUT2D eigenvalue weighted by Gasteiger charge is 2.35. The molecule has 0 fully saturated rings. The molecule has 0 unspecified atom stereocenters. The van der Waals surface area contributed by atoms with Crippen LogP contribution in [-0.2, 0) is 6.18 Å². The van der Waals surface area contributed by atoms with E-state index in [4.69, 9.17) is 4.74 Å². The Labute approximate surface area is 133 Å². The van der Waals surface area contributed by atoms with Crippen LogP contribution in [0.2, 0.25) is 0 Å². The van der Waals surface area contributed by atoms with Gasteiger partial charge in [0.1, 0.15) is 18.4 Å². The number of carbonyl (C=O) groups is 2. The van der Waals surface area contributed by atoms with Gasteiger partial charge in [-0.3, -0.25) is 9.59 Å². The molecular weight excluding hydrogens is 327 g/mol. The van der Waals surface area contributed by atoms with Gasteiger partial charge < -0.3 is 10.1 Å². The molecule has 0 radical (unpaired) electrons. The largest absolute Gasteiger partial charge is 0.490 e. The molecule has 0 bridgehead atoms. The molecule has 0 saturated heterocycles. The molecular formula is C15H10F3N3O3. The second-order valence-electron chi connectivity index (χ2n) is 4.99.